The molecule has 1 N–H and O–H groups in total. The van der Waals surface area contributed by atoms with E-state index in [0.29, 0.717) is 5.82 Å². The van der Waals surface area contributed by atoms with Gasteiger partial charge in [0.25, 0.3) is 5.56 Å². The molecule has 0 spiro atoms. The average molecular weight is 229 g/mol. The Morgan fingerprint density at radius 1 is 1.12 bits per heavy atom. The summed E-state index contributed by atoms with van der Waals surface area (Å²) in [5.74, 6) is 0.649. The monoisotopic (exact) mass is 229 g/mol. The Labute approximate surface area is 99.9 Å². The minimum atomic E-state index is -0.101. The maximum atomic E-state index is 11.8. The number of benzene rings is 1. The molecule has 0 unspecified atom stereocenters. The quantitative estimate of drug-likeness (QED) is 0.857. The van der Waals surface area contributed by atoms with E-state index in [1.807, 2.05) is 38.1 Å². The second kappa shape index (κ2) is 4.41. The van der Waals surface area contributed by atoms with Crippen molar-refractivity contribution >= 4 is 5.69 Å². The Balaban J connectivity index is 2.36. The molecule has 0 amide bonds. The number of nitrogens with one attached hydrogen (secondary N) is 1. The average Bonchev–Trinajstić information content (AvgIpc) is 2.26. The zero-order chi connectivity index (χ0) is 12.4. The minimum Gasteiger partial charge on any atom is -0.290 e. The highest BCUT2D eigenvalue weighted by molar-refractivity contribution is 5.44. The molecule has 4 nitrogen and oxygen atoms in total. The first-order valence-electron chi connectivity index (χ1n) is 5.47. The van der Waals surface area contributed by atoms with Crippen LogP contribution in [-0.2, 0) is 0 Å². The third-order valence-electron chi connectivity index (χ3n) is 2.51. The zero-order valence-electron chi connectivity index (χ0n) is 10.2. The maximum Gasteiger partial charge on any atom is 0.272 e. The van der Waals surface area contributed by atoms with Crippen molar-refractivity contribution in [2.24, 2.45) is 0 Å². The van der Waals surface area contributed by atoms with Crippen molar-refractivity contribution in [2.75, 3.05) is 5.43 Å². The van der Waals surface area contributed by atoms with Crippen molar-refractivity contribution in [2.45, 2.75) is 20.8 Å². The summed E-state index contributed by atoms with van der Waals surface area (Å²) in [6.45, 7) is 5.63. The Hall–Kier alpha value is -2.10. The van der Waals surface area contributed by atoms with Crippen LogP contribution < -0.4 is 11.0 Å². The molecule has 1 heterocycles. The van der Waals surface area contributed by atoms with E-state index in [9.17, 15) is 4.79 Å². The van der Waals surface area contributed by atoms with E-state index in [0.717, 1.165) is 11.4 Å². The lowest BCUT2D eigenvalue weighted by Gasteiger charge is -2.12. The van der Waals surface area contributed by atoms with Crippen LogP contribution in [0.4, 0.5) is 5.69 Å². The lowest BCUT2D eigenvalue weighted by atomic mass is 10.2. The molecule has 0 saturated carbocycles. The first-order valence-corrected chi connectivity index (χ1v) is 5.47. The van der Waals surface area contributed by atoms with Crippen molar-refractivity contribution in [3.8, 4) is 0 Å². The molecule has 0 fully saturated rings. The number of nitrogens with zero attached hydrogens (tertiary/aromatic N) is 2. The highest BCUT2D eigenvalue weighted by atomic mass is 16.1. The molecule has 2 aromatic rings. The standard InChI is InChI=1S/C13H15N3O/c1-9-4-6-12(7-5-9)15-16-11(3)14-10(2)8-13(16)17/h4-8,15H,1-3H3. The van der Waals surface area contributed by atoms with Gasteiger partial charge in [-0.2, -0.15) is 0 Å². The molecule has 0 bridgehead atoms. The van der Waals surface area contributed by atoms with Crippen LogP contribution in [0.15, 0.2) is 35.1 Å². The Morgan fingerprint density at radius 3 is 2.35 bits per heavy atom. The first-order chi connectivity index (χ1) is 8.06. The molecule has 0 radical (unpaired) electrons. The lowest BCUT2D eigenvalue weighted by Crippen LogP contribution is -2.29. The zero-order valence-corrected chi connectivity index (χ0v) is 10.2. The van der Waals surface area contributed by atoms with Crippen LogP contribution >= 0.6 is 0 Å². The molecular formula is C13H15N3O. The van der Waals surface area contributed by atoms with Crippen molar-refractivity contribution in [1.82, 2.24) is 9.66 Å². The van der Waals surface area contributed by atoms with E-state index in [-0.39, 0.29) is 5.56 Å². The molecule has 17 heavy (non-hydrogen) atoms. The van der Waals surface area contributed by atoms with Gasteiger partial charge in [0.1, 0.15) is 5.82 Å². The summed E-state index contributed by atoms with van der Waals surface area (Å²) >= 11 is 0. The number of rotatable bonds is 2. The third-order valence-corrected chi connectivity index (χ3v) is 2.51. The summed E-state index contributed by atoms with van der Waals surface area (Å²) in [5.41, 5.74) is 5.72. The van der Waals surface area contributed by atoms with Gasteiger partial charge >= 0.3 is 0 Å². The van der Waals surface area contributed by atoms with Crippen LogP contribution in [0.1, 0.15) is 17.1 Å². The van der Waals surface area contributed by atoms with Gasteiger partial charge in [0.05, 0.1) is 5.69 Å². The molecule has 0 atom stereocenters. The fourth-order valence-electron chi connectivity index (χ4n) is 1.63. The van der Waals surface area contributed by atoms with E-state index < -0.39 is 0 Å². The van der Waals surface area contributed by atoms with Gasteiger partial charge in [0.15, 0.2) is 0 Å². The highest BCUT2D eigenvalue weighted by Crippen LogP contribution is 2.08. The fourth-order valence-corrected chi connectivity index (χ4v) is 1.63. The molecule has 0 aliphatic heterocycles. The predicted octanol–water partition coefficient (Wildman–Crippen LogP) is 2.04. The van der Waals surface area contributed by atoms with E-state index in [1.54, 1.807) is 6.92 Å². The van der Waals surface area contributed by atoms with Crippen LogP contribution in [-0.4, -0.2) is 9.66 Å². The number of aryl methyl sites for hydroxylation is 3. The summed E-state index contributed by atoms with van der Waals surface area (Å²) in [4.78, 5) is 16.0. The van der Waals surface area contributed by atoms with E-state index in [1.165, 1.54) is 16.3 Å². The van der Waals surface area contributed by atoms with Gasteiger partial charge in [-0.25, -0.2) is 9.66 Å². The summed E-state index contributed by atoms with van der Waals surface area (Å²) in [5, 5.41) is 0. The van der Waals surface area contributed by atoms with Crippen molar-refractivity contribution < 1.29 is 0 Å². The molecule has 0 aliphatic rings. The molecular weight excluding hydrogens is 214 g/mol. The lowest BCUT2D eigenvalue weighted by molar-refractivity contribution is 0.795. The molecule has 1 aromatic carbocycles. The Bertz CT molecular complexity index is 585. The fraction of sp³-hybridized carbons (Fsp3) is 0.231. The number of aromatic nitrogens is 2. The molecule has 0 saturated heterocycles. The van der Waals surface area contributed by atoms with Gasteiger partial charge in [-0.3, -0.25) is 10.2 Å². The molecule has 1 aromatic heterocycles. The second-order valence-electron chi connectivity index (χ2n) is 4.10. The van der Waals surface area contributed by atoms with Gasteiger partial charge in [0, 0.05) is 11.8 Å². The Morgan fingerprint density at radius 2 is 1.76 bits per heavy atom. The summed E-state index contributed by atoms with van der Waals surface area (Å²) in [7, 11) is 0. The molecule has 88 valence electrons. The number of hydrogen-bond acceptors (Lipinski definition) is 3. The first kappa shape index (κ1) is 11.4. The maximum absolute atomic E-state index is 11.8. The van der Waals surface area contributed by atoms with E-state index >= 15 is 0 Å². The van der Waals surface area contributed by atoms with Crippen molar-refractivity contribution in [3.63, 3.8) is 0 Å². The van der Waals surface area contributed by atoms with Crippen molar-refractivity contribution in [3.05, 3.63) is 57.8 Å². The largest absolute Gasteiger partial charge is 0.290 e. The molecule has 0 aliphatic carbocycles. The molecule has 4 heteroatoms. The van der Waals surface area contributed by atoms with Crippen LogP contribution in [0, 0.1) is 20.8 Å². The SMILES string of the molecule is Cc1ccc(Nn2c(C)nc(C)cc2=O)cc1. The summed E-state index contributed by atoms with van der Waals surface area (Å²) < 4.78 is 1.44. The highest BCUT2D eigenvalue weighted by Gasteiger charge is 2.02. The smallest absolute Gasteiger partial charge is 0.272 e. The number of anilines is 1. The topological polar surface area (TPSA) is 46.9 Å². The van der Waals surface area contributed by atoms with Crippen LogP contribution in [0.25, 0.3) is 0 Å². The van der Waals surface area contributed by atoms with Crippen molar-refractivity contribution in [1.29, 1.82) is 0 Å². The van der Waals surface area contributed by atoms with Gasteiger partial charge in [-0.1, -0.05) is 17.7 Å². The number of hydrogen-bond donors (Lipinski definition) is 1. The molecule has 2 rings (SSSR count). The summed E-state index contributed by atoms with van der Waals surface area (Å²) in [6, 6.07) is 9.35. The van der Waals surface area contributed by atoms with Gasteiger partial charge in [-0.05, 0) is 32.9 Å². The normalized spacial score (nSPS) is 10.3. The third kappa shape index (κ3) is 2.53. The van der Waals surface area contributed by atoms with E-state index in [2.05, 4.69) is 10.4 Å². The van der Waals surface area contributed by atoms with Gasteiger partial charge < -0.3 is 0 Å². The van der Waals surface area contributed by atoms with Crippen LogP contribution in [0.3, 0.4) is 0 Å². The summed E-state index contributed by atoms with van der Waals surface area (Å²) in [6.07, 6.45) is 0. The minimum absolute atomic E-state index is 0.101. The Kier molecular flexibility index (Phi) is 2.95. The van der Waals surface area contributed by atoms with Crippen LogP contribution in [0.5, 0.6) is 0 Å². The predicted molar refractivity (Wildman–Crippen MR) is 68.2 cm³/mol. The second-order valence-corrected chi connectivity index (χ2v) is 4.10. The van der Waals surface area contributed by atoms with E-state index in [4.69, 9.17) is 0 Å². The van der Waals surface area contributed by atoms with Crippen LogP contribution in [0.2, 0.25) is 0 Å². The van der Waals surface area contributed by atoms with Gasteiger partial charge in [0.2, 0.25) is 0 Å². The van der Waals surface area contributed by atoms with Gasteiger partial charge in [-0.15, -0.1) is 0 Å².